The number of nitrogens with zero attached hydrogens (tertiary/aromatic N) is 2. The standard InChI is InChI=1S/C27H23N3O2/c1-17-7-6-9-22(13-17)30-18(2)14-21(19(30)3)16-28-29-27(31)26-15-24-23-10-5-4-8-20(23)11-12-25(24)32-26/h4-16H,1-3H3,(H,29,31)/b28-16-. The molecule has 2 aromatic heterocycles. The lowest BCUT2D eigenvalue weighted by atomic mass is 10.1. The summed E-state index contributed by atoms with van der Waals surface area (Å²) in [5.41, 5.74) is 8.69. The zero-order chi connectivity index (χ0) is 22.2. The molecule has 1 N–H and O–H groups in total. The first-order valence-electron chi connectivity index (χ1n) is 10.5. The fourth-order valence-electron chi connectivity index (χ4n) is 4.20. The minimum absolute atomic E-state index is 0.235. The molecule has 0 saturated carbocycles. The molecule has 5 nitrogen and oxygen atoms in total. The Hall–Kier alpha value is -4.12. The monoisotopic (exact) mass is 421 g/mol. The number of carbonyl (C=O) groups excluding carboxylic acids is 1. The number of furan rings is 1. The van der Waals surface area contributed by atoms with E-state index in [0.29, 0.717) is 5.58 Å². The van der Waals surface area contributed by atoms with Crippen molar-refractivity contribution in [3.8, 4) is 5.69 Å². The van der Waals surface area contributed by atoms with Crippen LogP contribution in [0.15, 0.2) is 82.3 Å². The van der Waals surface area contributed by atoms with Gasteiger partial charge in [-0.1, -0.05) is 42.5 Å². The van der Waals surface area contributed by atoms with Crippen molar-refractivity contribution in [1.82, 2.24) is 9.99 Å². The maximum Gasteiger partial charge on any atom is 0.307 e. The number of fused-ring (bicyclic) bond motifs is 3. The van der Waals surface area contributed by atoms with E-state index < -0.39 is 0 Å². The molecular weight excluding hydrogens is 398 g/mol. The van der Waals surface area contributed by atoms with Crippen LogP contribution in [0.1, 0.15) is 33.1 Å². The van der Waals surface area contributed by atoms with Gasteiger partial charge in [0, 0.05) is 28.0 Å². The molecule has 0 saturated heterocycles. The van der Waals surface area contributed by atoms with Crippen LogP contribution in [-0.4, -0.2) is 16.7 Å². The van der Waals surface area contributed by atoms with Gasteiger partial charge in [-0.25, -0.2) is 5.43 Å². The molecule has 5 aromatic rings. The van der Waals surface area contributed by atoms with Crippen LogP contribution in [0.2, 0.25) is 0 Å². The normalized spacial score (nSPS) is 11.6. The van der Waals surface area contributed by atoms with Crippen molar-refractivity contribution in [3.63, 3.8) is 0 Å². The molecule has 1 amide bonds. The van der Waals surface area contributed by atoms with Gasteiger partial charge in [-0.3, -0.25) is 4.79 Å². The number of hydrazone groups is 1. The number of carbonyl (C=O) groups is 1. The molecule has 5 rings (SSSR count). The molecule has 0 radical (unpaired) electrons. The van der Waals surface area contributed by atoms with Gasteiger partial charge in [0.25, 0.3) is 0 Å². The molecule has 0 spiro atoms. The number of amides is 1. The predicted octanol–water partition coefficient (Wildman–Crippen LogP) is 6.07. The summed E-state index contributed by atoms with van der Waals surface area (Å²) in [5.74, 6) is -0.146. The minimum Gasteiger partial charge on any atom is -0.451 e. The van der Waals surface area contributed by atoms with Crippen LogP contribution in [0.25, 0.3) is 27.4 Å². The predicted molar refractivity (Wildman–Crippen MR) is 129 cm³/mol. The van der Waals surface area contributed by atoms with Gasteiger partial charge < -0.3 is 8.98 Å². The van der Waals surface area contributed by atoms with Crippen molar-refractivity contribution < 1.29 is 9.21 Å². The summed E-state index contributed by atoms with van der Waals surface area (Å²) in [6, 6.07) is 24.1. The number of hydrogen-bond donors (Lipinski definition) is 1. The maximum absolute atomic E-state index is 12.6. The van der Waals surface area contributed by atoms with E-state index in [9.17, 15) is 4.79 Å². The Morgan fingerprint density at radius 1 is 0.938 bits per heavy atom. The molecule has 0 aliphatic heterocycles. The van der Waals surface area contributed by atoms with Gasteiger partial charge >= 0.3 is 5.91 Å². The number of benzene rings is 3. The van der Waals surface area contributed by atoms with Crippen LogP contribution in [0.4, 0.5) is 0 Å². The van der Waals surface area contributed by atoms with Gasteiger partial charge in [0.1, 0.15) is 5.58 Å². The van der Waals surface area contributed by atoms with Crippen molar-refractivity contribution in [2.45, 2.75) is 20.8 Å². The Kier molecular flexibility index (Phi) is 4.86. The van der Waals surface area contributed by atoms with Crippen molar-refractivity contribution in [1.29, 1.82) is 0 Å². The molecule has 32 heavy (non-hydrogen) atoms. The highest BCUT2D eigenvalue weighted by molar-refractivity contribution is 6.08. The highest BCUT2D eigenvalue weighted by Gasteiger charge is 2.14. The lowest BCUT2D eigenvalue weighted by molar-refractivity contribution is 0.0929. The smallest absolute Gasteiger partial charge is 0.307 e. The van der Waals surface area contributed by atoms with Gasteiger partial charge in [-0.2, -0.15) is 5.10 Å². The largest absolute Gasteiger partial charge is 0.451 e. The second kappa shape index (κ2) is 7.85. The van der Waals surface area contributed by atoms with E-state index in [-0.39, 0.29) is 11.7 Å². The topological polar surface area (TPSA) is 59.5 Å². The van der Waals surface area contributed by atoms with E-state index in [2.05, 4.69) is 53.2 Å². The third-order valence-corrected chi connectivity index (χ3v) is 5.75. The van der Waals surface area contributed by atoms with Crippen LogP contribution in [0.3, 0.4) is 0 Å². The minimum atomic E-state index is -0.381. The van der Waals surface area contributed by atoms with E-state index in [1.807, 2.05) is 49.4 Å². The van der Waals surface area contributed by atoms with E-state index >= 15 is 0 Å². The first-order valence-corrected chi connectivity index (χ1v) is 10.5. The number of nitrogens with one attached hydrogen (secondary N) is 1. The zero-order valence-corrected chi connectivity index (χ0v) is 18.2. The third-order valence-electron chi connectivity index (χ3n) is 5.75. The first-order chi connectivity index (χ1) is 15.5. The van der Waals surface area contributed by atoms with Crippen LogP contribution in [0.5, 0.6) is 0 Å². The van der Waals surface area contributed by atoms with Crippen molar-refractivity contribution in [3.05, 3.63) is 101 Å². The Labute approximate surface area is 186 Å². The molecule has 0 unspecified atom stereocenters. The van der Waals surface area contributed by atoms with Gasteiger partial charge in [-0.15, -0.1) is 0 Å². The number of hydrogen-bond acceptors (Lipinski definition) is 3. The lowest BCUT2D eigenvalue weighted by Gasteiger charge is -2.10. The average molecular weight is 422 g/mol. The van der Waals surface area contributed by atoms with E-state index in [4.69, 9.17) is 4.42 Å². The van der Waals surface area contributed by atoms with Crippen LogP contribution < -0.4 is 5.43 Å². The van der Waals surface area contributed by atoms with Gasteiger partial charge in [0.15, 0.2) is 5.76 Å². The van der Waals surface area contributed by atoms with E-state index in [0.717, 1.165) is 38.8 Å². The summed E-state index contributed by atoms with van der Waals surface area (Å²) in [5, 5.41) is 7.26. The van der Waals surface area contributed by atoms with E-state index in [1.165, 1.54) is 5.56 Å². The second-order valence-corrected chi connectivity index (χ2v) is 8.01. The maximum atomic E-state index is 12.6. The molecule has 0 aliphatic carbocycles. The molecule has 3 aromatic carbocycles. The highest BCUT2D eigenvalue weighted by atomic mass is 16.3. The van der Waals surface area contributed by atoms with Gasteiger partial charge in [-0.05, 0) is 67.4 Å². The Bertz CT molecular complexity index is 1500. The Morgan fingerprint density at radius 3 is 2.62 bits per heavy atom. The molecule has 0 atom stereocenters. The summed E-state index contributed by atoms with van der Waals surface area (Å²) < 4.78 is 7.95. The van der Waals surface area contributed by atoms with Crippen LogP contribution in [-0.2, 0) is 0 Å². The summed E-state index contributed by atoms with van der Waals surface area (Å²) >= 11 is 0. The van der Waals surface area contributed by atoms with Crippen molar-refractivity contribution >= 4 is 33.9 Å². The van der Waals surface area contributed by atoms with E-state index in [1.54, 1.807) is 12.3 Å². The third kappa shape index (κ3) is 3.48. The Morgan fingerprint density at radius 2 is 1.78 bits per heavy atom. The fraction of sp³-hybridized carbons (Fsp3) is 0.111. The lowest BCUT2D eigenvalue weighted by Crippen LogP contribution is -2.16. The molecule has 5 heteroatoms. The van der Waals surface area contributed by atoms with Crippen molar-refractivity contribution in [2.24, 2.45) is 5.10 Å². The zero-order valence-electron chi connectivity index (χ0n) is 18.2. The molecular formula is C27H23N3O2. The molecule has 0 bridgehead atoms. The number of aryl methyl sites for hydroxylation is 2. The molecule has 158 valence electrons. The Balaban J connectivity index is 1.38. The molecule has 2 heterocycles. The number of aromatic nitrogens is 1. The van der Waals surface area contributed by atoms with Crippen molar-refractivity contribution in [2.75, 3.05) is 0 Å². The second-order valence-electron chi connectivity index (χ2n) is 8.01. The molecule has 0 fully saturated rings. The average Bonchev–Trinajstić information content (AvgIpc) is 3.35. The first kappa shape index (κ1) is 19.8. The number of rotatable bonds is 4. The SMILES string of the molecule is Cc1cccc(-n2c(C)cc(/C=N\NC(=O)c3cc4c(ccc5ccccc54)o3)c2C)c1. The quantitative estimate of drug-likeness (QED) is 0.283. The van der Waals surface area contributed by atoms with Crippen LogP contribution in [0, 0.1) is 20.8 Å². The fourth-order valence-corrected chi connectivity index (χ4v) is 4.20. The molecule has 0 aliphatic rings. The highest BCUT2D eigenvalue weighted by Crippen LogP contribution is 2.28. The van der Waals surface area contributed by atoms with Gasteiger partial charge in [0.2, 0.25) is 0 Å². The summed E-state index contributed by atoms with van der Waals surface area (Å²) in [6.07, 6.45) is 1.67. The summed E-state index contributed by atoms with van der Waals surface area (Å²) in [7, 11) is 0. The summed E-state index contributed by atoms with van der Waals surface area (Å²) in [6.45, 7) is 6.18. The van der Waals surface area contributed by atoms with Crippen LogP contribution >= 0.6 is 0 Å². The summed E-state index contributed by atoms with van der Waals surface area (Å²) in [4.78, 5) is 12.6. The van der Waals surface area contributed by atoms with Gasteiger partial charge in [0.05, 0.1) is 6.21 Å².